The molecule has 0 aliphatic carbocycles. The van der Waals surface area contributed by atoms with Crippen LogP contribution in [-0.2, 0) is 22.6 Å². The lowest BCUT2D eigenvalue weighted by atomic mass is 9.85. The third kappa shape index (κ3) is 5.68. The largest absolute Gasteiger partial charge is 0.467 e. The molecule has 1 aromatic carbocycles. The number of benzene rings is 1. The Hall–Kier alpha value is -2.65. The molecule has 0 saturated carbocycles. The summed E-state index contributed by atoms with van der Waals surface area (Å²) in [4.78, 5) is 27.7. The first-order valence-electron chi connectivity index (χ1n) is 9.71. The van der Waals surface area contributed by atoms with Gasteiger partial charge in [0.05, 0.1) is 19.4 Å². The third-order valence-corrected chi connectivity index (χ3v) is 6.06. The molecule has 5 nitrogen and oxygen atoms in total. The molecule has 29 heavy (non-hydrogen) atoms. The molecule has 1 saturated heterocycles. The number of nitrogens with zero attached hydrogens (tertiary/aromatic N) is 1. The molecule has 1 unspecified atom stereocenters. The molecule has 2 aromatic rings. The Bertz CT molecular complexity index is 871. The van der Waals surface area contributed by atoms with Gasteiger partial charge in [-0.3, -0.25) is 9.59 Å². The van der Waals surface area contributed by atoms with Gasteiger partial charge >= 0.3 is 0 Å². The standard InChI is InChI=1S/C23H26N2O3S/c1-3-14-25(17-19-5-4-15-28-19)22(27)11-13-23(12-10-21(26)24-23)16-18-6-8-20(29-2)9-7-18/h1,4-9,15H,10-14,16-17H2,2H3,(H,24,26). The normalized spacial score (nSPS) is 18.3. The first-order chi connectivity index (χ1) is 14.0. The van der Waals surface area contributed by atoms with Gasteiger partial charge < -0.3 is 14.6 Å². The van der Waals surface area contributed by atoms with Crippen molar-refractivity contribution in [3.63, 3.8) is 0 Å². The van der Waals surface area contributed by atoms with Crippen LogP contribution in [0.25, 0.3) is 0 Å². The summed E-state index contributed by atoms with van der Waals surface area (Å²) in [6.07, 6.45) is 11.9. The average molecular weight is 411 g/mol. The first-order valence-corrected chi connectivity index (χ1v) is 10.9. The molecule has 1 aromatic heterocycles. The summed E-state index contributed by atoms with van der Waals surface area (Å²) in [5.74, 6) is 3.27. The van der Waals surface area contributed by atoms with Crippen LogP contribution < -0.4 is 5.32 Å². The summed E-state index contributed by atoms with van der Waals surface area (Å²) in [5.41, 5.74) is 0.772. The van der Waals surface area contributed by atoms with Gasteiger partial charge in [0, 0.05) is 23.3 Å². The van der Waals surface area contributed by atoms with Crippen molar-refractivity contribution in [3.8, 4) is 12.3 Å². The van der Waals surface area contributed by atoms with E-state index in [1.54, 1.807) is 29.0 Å². The zero-order chi connectivity index (χ0) is 20.7. The topological polar surface area (TPSA) is 62.6 Å². The van der Waals surface area contributed by atoms with Gasteiger partial charge in [-0.05, 0) is 55.3 Å². The highest BCUT2D eigenvalue weighted by Crippen LogP contribution is 2.30. The fraction of sp³-hybridized carbons (Fsp3) is 0.391. The van der Waals surface area contributed by atoms with Crippen molar-refractivity contribution >= 4 is 23.6 Å². The van der Waals surface area contributed by atoms with Gasteiger partial charge in [0.25, 0.3) is 0 Å². The second-order valence-electron chi connectivity index (χ2n) is 7.39. The van der Waals surface area contributed by atoms with Crippen LogP contribution in [0.5, 0.6) is 0 Å². The molecular formula is C23H26N2O3S. The lowest BCUT2D eigenvalue weighted by Crippen LogP contribution is -2.45. The van der Waals surface area contributed by atoms with Crippen LogP contribution in [0.1, 0.15) is 37.0 Å². The summed E-state index contributed by atoms with van der Waals surface area (Å²) in [6, 6.07) is 12.0. The molecule has 1 fully saturated rings. The Balaban J connectivity index is 1.66. The van der Waals surface area contributed by atoms with Crippen LogP contribution in [0.2, 0.25) is 0 Å². The molecule has 3 rings (SSSR count). The fourth-order valence-corrected chi connectivity index (χ4v) is 4.16. The Morgan fingerprint density at radius 2 is 2.14 bits per heavy atom. The van der Waals surface area contributed by atoms with Crippen LogP contribution in [0, 0.1) is 12.3 Å². The van der Waals surface area contributed by atoms with Crippen molar-refractivity contribution in [2.24, 2.45) is 0 Å². The third-order valence-electron chi connectivity index (χ3n) is 5.32. The van der Waals surface area contributed by atoms with E-state index in [4.69, 9.17) is 10.8 Å². The zero-order valence-electron chi connectivity index (χ0n) is 16.6. The predicted octanol–water partition coefficient (Wildman–Crippen LogP) is 3.64. The van der Waals surface area contributed by atoms with Gasteiger partial charge in [-0.15, -0.1) is 18.2 Å². The SMILES string of the molecule is C#CCN(Cc1ccco1)C(=O)CCC1(Cc2ccc(SC)cc2)CCC(=O)N1. The number of amides is 2. The molecule has 0 bridgehead atoms. The molecular weight excluding hydrogens is 384 g/mol. The molecule has 152 valence electrons. The van der Waals surface area contributed by atoms with E-state index in [1.165, 1.54) is 4.90 Å². The van der Waals surface area contributed by atoms with Gasteiger partial charge in [-0.1, -0.05) is 18.1 Å². The molecule has 0 spiro atoms. The summed E-state index contributed by atoms with van der Waals surface area (Å²) in [7, 11) is 0. The van der Waals surface area contributed by atoms with Crippen molar-refractivity contribution in [2.45, 2.75) is 49.1 Å². The average Bonchev–Trinajstić information content (AvgIpc) is 3.36. The van der Waals surface area contributed by atoms with E-state index in [-0.39, 0.29) is 23.9 Å². The number of hydrogen-bond acceptors (Lipinski definition) is 4. The molecule has 2 heterocycles. The Morgan fingerprint density at radius 3 is 2.72 bits per heavy atom. The van der Waals surface area contributed by atoms with Gasteiger partial charge in [0.15, 0.2) is 0 Å². The monoisotopic (exact) mass is 410 g/mol. The van der Waals surface area contributed by atoms with Crippen molar-refractivity contribution in [2.75, 3.05) is 12.8 Å². The molecule has 2 amide bonds. The maximum atomic E-state index is 12.8. The molecule has 0 radical (unpaired) electrons. The van der Waals surface area contributed by atoms with E-state index in [9.17, 15) is 9.59 Å². The second kappa shape index (κ2) is 9.71. The summed E-state index contributed by atoms with van der Waals surface area (Å²) in [6.45, 7) is 0.584. The minimum absolute atomic E-state index is 0.0300. The van der Waals surface area contributed by atoms with E-state index in [2.05, 4.69) is 35.5 Å². The highest BCUT2D eigenvalue weighted by Gasteiger charge is 2.38. The molecule has 1 aliphatic heterocycles. The van der Waals surface area contributed by atoms with E-state index in [0.717, 1.165) is 12.0 Å². The lowest BCUT2D eigenvalue weighted by Gasteiger charge is -2.30. The number of rotatable bonds is 9. The van der Waals surface area contributed by atoms with Crippen LogP contribution in [0.15, 0.2) is 52.0 Å². The van der Waals surface area contributed by atoms with Gasteiger partial charge in [0.2, 0.25) is 11.8 Å². The number of hydrogen-bond donors (Lipinski definition) is 1. The Morgan fingerprint density at radius 1 is 1.34 bits per heavy atom. The van der Waals surface area contributed by atoms with Crippen LogP contribution in [-0.4, -0.2) is 35.1 Å². The van der Waals surface area contributed by atoms with Crippen LogP contribution in [0.4, 0.5) is 0 Å². The van der Waals surface area contributed by atoms with E-state index in [1.807, 2.05) is 12.3 Å². The van der Waals surface area contributed by atoms with Gasteiger partial charge in [-0.25, -0.2) is 0 Å². The predicted molar refractivity (Wildman–Crippen MR) is 114 cm³/mol. The minimum Gasteiger partial charge on any atom is -0.467 e. The lowest BCUT2D eigenvalue weighted by molar-refractivity contribution is -0.132. The maximum absolute atomic E-state index is 12.8. The van der Waals surface area contributed by atoms with Crippen molar-refractivity contribution in [1.29, 1.82) is 0 Å². The Kier molecular flexibility index (Phi) is 7.05. The summed E-state index contributed by atoms with van der Waals surface area (Å²) >= 11 is 1.70. The van der Waals surface area contributed by atoms with Crippen molar-refractivity contribution in [3.05, 3.63) is 54.0 Å². The fourth-order valence-electron chi connectivity index (χ4n) is 3.75. The number of thioether (sulfide) groups is 1. The Labute approximate surface area is 176 Å². The summed E-state index contributed by atoms with van der Waals surface area (Å²) < 4.78 is 5.35. The number of carbonyl (C=O) groups is 2. The maximum Gasteiger partial charge on any atom is 0.223 e. The number of terminal acetylenes is 1. The number of nitrogens with one attached hydrogen (secondary N) is 1. The minimum atomic E-state index is -0.389. The number of furan rings is 1. The highest BCUT2D eigenvalue weighted by atomic mass is 32.2. The second-order valence-corrected chi connectivity index (χ2v) is 8.27. The van der Waals surface area contributed by atoms with Crippen molar-refractivity contribution in [1.82, 2.24) is 10.2 Å². The highest BCUT2D eigenvalue weighted by molar-refractivity contribution is 7.98. The van der Waals surface area contributed by atoms with Crippen LogP contribution in [0.3, 0.4) is 0 Å². The molecule has 1 atom stereocenters. The van der Waals surface area contributed by atoms with E-state index in [0.29, 0.717) is 38.0 Å². The van der Waals surface area contributed by atoms with Crippen molar-refractivity contribution < 1.29 is 14.0 Å². The van der Waals surface area contributed by atoms with Gasteiger partial charge in [0.1, 0.15) is 5.76 Å². The molecule has 6 heteroatoms. The van der Waals surface area contributed by atoms with Crippen LogP contribution >= 0.6 is 11.8 Å². The zero-order valence-corrected chi connectivity index (χ0v) is 17.5. The smallest absolute Gasteiger partial charge is 0.223 e. The number of carbonyl (C=O) groups excluding carboxylic acids is 2. The van der Waals surface area contributed by atoms with E-state index < -0.39 is 0 Å². The van der Waals surface area contributed by atoms with E-state index >= 15 is 0 Å². The molecule has 1 N–H and O–H groups in total. The quantitative estimate of drug-likeness (QED) is 0.506. The molecule has 1 aliphatic rings. The van der Waals surface area contributed by atoms with Gasteiger partial charge in [-0.2, -0.15) is 0 Å². The first kappa shape index (κ1) is 21.1. The summed E-state index contributed by atoms with van der Waals surface area (Å²) in [5, 5.41) is 3.14.